The van der Waals surface area contributed by atoms with E-state index < -0.39 is 11.9 Å². The number of carbonyl (C=O) groups is 2. The third-order valence-corrected chi connectivity index (χ3v) is 3.58. The Morgan fingerprint density at radius 3 is 2.77 bits per heavy atom. The molecule has 1 aliphatic carbocycles. The van der Waals surface area contributed by atoms with Gasteiger partial charge in [0.2, 0.25) is 0 Å². The van der Waals surface area contributed by atoms with Crippen LogP contribution in [0.4, 0.5) is 4.79 Å². The molecule has 118 valence electrons. The normalized spacial score (nSPS) is 19.7. The minimum Gasteiger partial charge on any atom is -0.501 e. The first-order valence-corrected chi connectivity index (χ1v) is 7.25. The molecule has 0 aromatic heterocycles. The third kappa shape index (κ3) is 3.85. The molecule has 2 atom stereocenters. The highest BCUT2D eigenvalue weighted by Crippen LogP contribution is 2.39. The molecule has 0 unspecified atom stereocenters. The van der Waals surface area contributed by atoms with Crippen LogP contribution in [0.2, 0.25) is 0 Å². The molecule has 1 aromatic carbocycles. The van der Waals surface area contributed by atoms with Gasteiger partial charge < -0.3 is 15.2 Å². The van der Waals surface area contributed by atoms with Crippen LogP contribution in [0.3, 0.4) is 0 Å². The number of fused-ring (bicyclic) bond motifs is 1. The maximum absolute atomic E-state index is 11.9. The SMILES string of the molecule is CCO/C=C/C(=O)NC(=O)N[C@H]1C[C@@H](CO)c2ccccc21. The predicted octanol–water partition coefficient (Wildman–Crippen LogP) is 1.58. The van der Waals surface area contributed by atoms with Gasteiger partial charge in [-0.05, 0) is 24.5 Å². The van der Waals surface area contributed by atoms with Crippen molar-refractivity contribution in [3.05, 3.63) is 47.7 Å². The molecular formula is C16H20N2O4. The zero-order valence-corrected chi connectivity index (χ0v) is 12.4. The largest absolute Gasteiger partial charge is 0.501 e. The van der Waals surface area contributed by atoms with Crippen molar-refractivity contribution in [2.45, 2.75) is 25.3 Å². The number of rotatable bonds is 5. The van der Waals surface area contributed by atoms with Gasteiger partial charge in [0, 0.05) is 12.0 Å². The second kappa shape index (κ2) is 7.61. The number of urea groups is 1. The van der Waals surface area contributed by atoms with E-state index in [1.165, 1.54) is 6.26 Å². The standard InChI is InChI=1S/C16H20N2O4/c1-2-22-8-7-15(20)18-16(21)17-14-9-11(10-19)12-5-3-4-6-13(12)14/h3-8,11,14,19H,2,9-10H2,1H3,(H2,17,18,20,21)/b8-7+/t11-,14-/m0/s1. The summed E-state index contributed by atoms with van der Waals surface area (Å²) in [4.78, 5) is 23.4. The molecule has 0 radical (unpaired) electrons. The zero-order valence-electron chi connectivity index (χ0n) is 12.4. The zero-order chi connectivity index (χ0) is 15.9. The summed E-state index contributed by atoms with van der Waals surface area (Å²) in [5.74, 6) is -0.536. The maximum atomic E-state index is 11.9. The second-order valence-corrected chi connectivity index (χ2v) is 5.02. The van der Waals surface area contributed by atoms with Gasteiger partial charge in [0.05, 0.1) is 25.5 Å². The Morgan fingerprint density at radius 1 is 1.36 bits per heavy atom. The van der Waals surface area contributed by atoms with E-state index in [0.717, 1.165) is 17.2 Å². The Kier molecular flexibility index (Phi) is 5.55. The number of ether oxygens (including phenoxy) is 1. The van der Waals surface area contributed by atoms with E-state index in [0.29, 0.717) is 13.0 Å². The lowest BCUT2D eigenvalue weighted by Crippen LogP contribution is -2.40. The van der Waals surface area contributed by atoms with Crippen molar-refractivity contribution in [1.82, 2.24) is 10.6 Å². The van der Waals surface area contributed by atoms with Crippen LogP contribution in [0.25, 0.3) is 0 Å². The quantitative estimate of drug-likeness (QED) is 0.569. The Hall–Kier alpha value is -2.34. The van der Waals surface area contributed by atoms with Gasteiger partial charge in [-0.2, -0.15) is 0 Å². The van der Waals surface area contributed by atoms with Gasteiger partial charge in [0.1, 0.15) is 0 Å². The molecule has 3 amide bonds. The van der Waals surface area contributed by atoms with E-state index in [4.69, 9.17) is 4.74 Å². The van der Waals surface area contributed by atoms with Crippen molar-refractivity contribution in [3.8, 4) is 0 Å². The average molecular weight is 304 g/mol. The number of hydrogen-bond donors (Lipinski definition) is 3. The Morgan fingerprint density at radius 2 is 2.09 bits per heavy atom. The highest BCUT2D eigenvalue weighted by atomic mass is 16.5. The van der Waals surface area contributed by atoms with Gasteiger partial charge in [0.15, 0.2) is 0 Å². The molecule has 0 saturated heterocycles. The van der Waals surface area contributed by atoms with Gasteiger partial charge in [-0.15, -0.1) is 0 Å². The molecule has 0 saturated carbocycles. The number of carbonyl (C=O) groups excluding carboxylic acids is 2. The van der Waals surface area contributed by atoms with Crippen molar-refractivity contribution in [2.75, 3.05) is 13.2 Å². The molecule has 0 heterocycles. The molecule has 0 bridgehead atoms. The molecule has 6 nitrogen and oxygen atoms in total. The minimum absolute atomic E-state index is 0.00931. The first-order chi connectivity index (χ1) is 10.7. The Balaban J connectivity index is 1.94. The number of nitrogens with one attached hydrogen (secondary N) is 2. The summed E-state index contributed by atoms with van der Waals surface area (Å²) < 4.78 is 4.89. The number of aliphatic hydroxyl groups is 1. The molecule has 0 spiro atoms. The molecule has 22 heavy (non-hydrogen) atoms. The van der Waals surface area contributed by atoms with Gasteiger partial charge in [-0.1, -0.05) is 24.3 Å². The second-order valence-electron chi connectivity index (χ2n) is 5.02. The van der Waals surface area contributed by atoms with E-state index in [9.17, 15) is 14.7 Å². The van der Waals surface area contributed by atoms with Crippen LogP contribution < -0.4 is 10.6 Å². The summed E-state index contributed by atoms with van der Waals surface area (Å²) in [7, 11) is 0. The van der Waals surface area contributed by atoms with E-state index in [1.54, 1.807) is 6.92 Å². The fourth-order valence-electron chi connectivity index (χ4n) is 2.60. The lowest BCUT2D eigenvalue weighted by Gasteiger charge is -2.14. The third-order valence-electron chi connectivity index (χ3n) is 3.58. The lowest BCUT2D eigenvalue weighted by atomic mass is 10.0. The summed E-state index contributed by atoms with van der Waals surface area (Å²) in [6.45, 7) is 2.29. The number of aliphatic hydroxyl groups excluding tert-OH is 1. The Labute approximate surface area is 129 Å². The van der Waals surface area contributed by atoms with Crippen LogP contribution in [0.5, 0.6) is 0 Å². The van der Waals surface area contributed by atoms with E-state index in [-0.39, 0.29) is 18.6 Å². The van der Waals surface area contributed by atoms with Gasteiger partial charge in [0.25, 0.3) is 5.91 Å². The summed E-state index contributed by atoms with van der Waals surface area (Å²) in [5, 5.41) is 14.4. The van der Waals surface area contributed by atoms with Crippen molar-refractivity contribution < 1.29 is 19.4 Å². The minimum atomic E-state index is -0.565. The van der Waals surface area contributed by atoms with Gasteiger partial charge in [-0.25, -0.2) is 4.79 Å². The fraction of sp³-hybridized carbons (Fsp3) is 0.375. The lowest BCUT2D eigenvalue weighted by molar-refractivity contribution is -0.115. The fourth-order valence-corrected chi connectivity index (χ4v) is 2.60. The molecule has 6 heteroatoms. The number of hydrogen-bond acceptors (Lipinski definition) is 4. The Bertz CT molecular complexity index is 571. The van der Waals surface area contributed by atoms with E-state index >= 15 is 0 Å². The van der Waals surface area contributed by atoms with E-state index in [2.05, 4.69) is 10.6 Å². The van der Waals surface area contributed by atoms with Gasteiger partial charge >= 0.3 is 6.03 Å². The predicted molar refractivity (Wildman–Crippen MR) is 81.1 cm³/mol. The van der Waals surface area contributed by atoms with Crippen LogP contribution >= 0.6 is 0 Å². The number of benzene rings is 1. The van der Waals surface area contributed by atoms with Crippen molar-refractivity contribution in [1.29, 1.82) is 0 Å². The molecular weight excluding hydrogens is 284 g/mol. The summed E-state index contributed by atoms with van der Waals surface area (Å²) in [6, 6.07) is 6.90. The number of imide groups is 1. The van der Waals surface area contributed by atoms with Crippen molar-refractivity contribution in [2.24, 2.45) is 0 Å². The molecule has 0 fully saturated rings. The highest BCUT2D eigenvalue weighted by Gasteiger charge is 2.31. The van der Waals surface area contributed by atoms with Crippen LogP contribution in [0, 0.1) is 0 Å². The molecule has 0 aliphatic heterocycles. The maximum Gasteiger partial charge on any atom is 0.322 e. The van der Waals surface area contributed by atoms with Crippen LogP contribution in [-0.2, 0) is 9.53 Å². The topological polar surface area (TPSA) is 87.7 Å². The summed E-state index contributed by atoms with van der Waals surface area (Å²) >= 11 is 0. The molecule has 1 aromatic rings. The summed E-state index contributed by atoms with van der Waals surface area (Å²) in [5.41, 5.74) is 2.02. The molecule has 3 N–H and O–H groups in total. The number of amides is 3. The molecule has 2 rings (SSSR count). The van der Waals surface area contributed by atoms with E-state index in [1.807, 2.05) is 24.3 Å². The first-order valence-electron chi connectivity index (χ1n) is 7.25. The highest BCUT2D eigenvalue weighted by molar-refractivity contribution is 6.00. The van der Waals surface area contributed by atoms with Crippen molar-refractivity contribution in [3.63, 3.8) is 0 Å². The average Bonchev–Trinajstić information content (AvgIpc) is 2.85. The van der Waals surface area contributed by atoms with Crippen LogP contribution in [-0.4, -0.2) is 30.3 Å². The van der Waals surface area contributed by atoms with Crippen LogP contribution in [0.1, 0.15) is 36.4 Å². The summed E-state index contributed by atoms with van der Waals surface area (Å²) in [6.07, 6.45) is 3.02. The van der Waals surface area contributed by atoms with Crippen molar-refractivity contribution >= 4 is 11.9 Å². The first kappa shape index (κ1) is 16.0. The van der Waals surface area contributed by atoms with Crippen LogP contribution in [0.15, 0.2) is 36.6 Å². The smallest absolute Gasteiger partial charge is 0.322 e. The van der Waals surface area contributed by atoms with Gasteiger partial charge in [-0.3, -0.25) is 10.1 Å². The monoisotopic (exact) mass is 304 g/mol. The molecule has 1 aliphatic rings.